The van der Waals surface area contributed by atoms with E-state index in [-0.39, 0.29) is 18.6 Å². The van der Waals surface area contributed by atoms with E-state index in [1.54, 1.807) is 0 Å². The Morgan fingerprint density at radius 2 is 1.81 bits per heavy atom. The molecule has 2 aromatic carbocycles. The van der Waals surface area contributed by atoms with Gasteiger partial charge in [-0.15, -0.1) is 0 Å². The first kappa shape index (κ1) is 18.4. The van der Waals surface area contributed by atoms with Crippen molar-refractivity contribution in [1.29, 1.82) is 0 Å². The second-order valence-corrected chi connectivity index (χ2v) is 6.48. The van der Waals surface area contributed by atoms with Crippen molar-refractivity contribution in [3.63, 3.8) is 0 Å². The van der Waals surface area contributed by atoms with Crippen LogP contribution >= 0.6 is 0 Å². The van der Waals surface area contributed by atoms with E-state index in [0.29, 0.717) is 12.3 Å². The van der Waals surface area contributed by atoms with Crippen LogP contribution in [0.3, 0.4) is 0 Å². The third-order valence-corrected chi connectivity index (χ3v) is 4.55. The number of amides is 1. The summed E-state index contributed by atoms with van der Waals surface area (Å²) in [6.07, 6.45) is 0. The minimum absolute atomic E-state index is 0.0215. The molecule has 1 aliphatic heterocycles. The fourth-order valence-electron chi connectivity index (χ4n) is 3.07. The second-order valence-electron chi connectivity index (χ2n) is 6.48. The average molecular weight is 354 g/mol. The van der Waals surface area contributed by atoms with Crippen molar-refractivity contribution in [3.05, 3.63) is 65.7 Å². The predicted molar refractivity (Wildman–Crippen MR) is 101 cm³/mol. The Labute approximate surface area is 154 Å². The highest BCUT2D eigenvalue weighted by atomic mass is 16.5. The quantitative estimate of drug-likeness (QED) is 0.830. The van der Waals surface area contributed by atoms with Gasteiger partial charge in [-0.05, 0) is 24.6 Å². The molecule has 26 heavy (non-hydrogen) atoms. The van der Waals surface area contributed by atoms with E-state index >= 15 is 0 Å². The van der Waals surface area contributed by atoms with Crippen LogP contribution in [0.4, 0.5) is 0 Å². The van der Waals surface area contributed by atoms with Gasteiger partial charge < -0.3 is 14.8 Å². The summed E-state index contributed by atoms with van der Waals surface area (Å²) in [5.41, 5.74) is 2.37. The molecule has 0 saturated carbocycles. The molecular formula is C21H26N2O3. The summed E-state index contributed by atoms with van der Waals surface area (Å²) >= 11 is 0. The van der Waals surface area contributed by atoms with E-state index in [9.17, 15) is 4.79 Å². The monoisotopic (exact) mass is 354 g/mol. The van der Waals surface area contributed by atoms with E-state index in [1.807, 2.05) is 49.4 Å². The second kappa shape index (κ2) is 9.36. The smallest absolute Gasteiger partial charge is 0.258 e. The molecule has 1 heterocycles. The molecule has 1 unspecified atom stereocenters. The van der Waals surface area contributed by atoms with Crippen LogP contribution in [0.15, 0.2) is 54.6 Å². The molecular weight excluding hydrogens is 328 g/mol. The van der Waals surface area contributed by atoms with E-state index in [4.69, 9.17) is 9.47 Å². The molecule has 1 N–H and O–H groups in total. The van der Waals surface area contributed by atoms with Gasteiger partial charge in [-0.2, -0.15) is 0 Å². The highest BCUT2D eigenvalue weighted by Crippen LogP contribution is 2.21. The summed E-state index contributed by atoms with van der Waals surface area (Å²) < 4.78 is 11.0. The Balaban J connectivity index is 1.54. The number of nitrogens with zero attached hydrogens (tertiary/aromatic N) is 1. The number of hydrogen-bond acceptors (Lipinski definition) is 4. The fraction of sp³-hybridized carbons (Fsp3) is 0.381. The number of carbonyl (C=O) groups is 1. The zero-order valence-corrected chi connectivity index (χ0v) is 15.2. The minimum atomic E-state index is -0.111. The number of aryl methyl sites for hydroxylation is 1. The van der Waals surface area contributed by atoms with Gasteiger partial charge in [0, 0.05) is 19.6 Å². The lowest BCUT2D eigenvalue weighted by Gasteiger charge is -2.34. The van der Waals surface area contributed by atoms with E-state index in [2.05, 4.69) is 22.3 Å². The van der Waals surface area contributed by atoms with Crippen LogP contribution in [0, 0.1) is 6.92 Å². The lowest BCUT2D eigenvalue weighted by molar-refractivity contribution is -0.123. The Kier molecular flexibility index (Phi) is 6.63. The number of ether oxygens (including phenoxy) is 2. The molecule has 1 fully saturated rings. The third-order valence-electron chi connectivity index (χ3n) is 4.55. The van der Waals surface area contributed by atoms with Crippen LogP contribution < -0.4 is 10.1 Å². The van der Waals surface area contributed by atoms with Crippen molar-refractivity contribution in [3.8, 4) is 5.75 Å². The van der Waals surface area contributed by atoms with Crippen molar-refractivity contribution in [2.75, 3.05) is 39.5 Å². The summed E-state index contributed by atoms with van der Waals surface area (Å²) in [5.74, 6) is 0.596. The molecule has 5 heteroatoms. The Hall–Kier alpha value is -2.37. The van der Waals surface area contributed by atoms with Crippen LogP contribution in [0.5, 0.6) is 5.75 Å². The van der Waals surface area contributed by atoms with E-state index in [1.165, 1.54) is 5.56 Å². The maximum Gasteiger partial charge on any atom is 0.258 e. The fourth-order valence-corrected chi connectivity index (χ4v) is 3.07. The zero-order chi connectivity index (χ0) is 18.2. The van der Waals surface area contributed by atoms with Gasteiger partial charge in [0.15, 0.2) is 6.61 Å². The highest BCUT2D eigenvalue weighted by molar-refractivity contribution is 5.77. The summed E-state index contributed by atoms with van der Waals surface area (Å²) in [6.45, 7) is 5.80. The van der Waals surface area contributed by atoms with Crippen LogP contribution in [-0.4, -0.2) is 50.3 Å². The maximum absolute atomic E-state index is 12.2. The van der Waals surface area contributed by atoms with Gasteiger partial charge in [-0.3, -0.25) is 9.69 Å². The Bertz CT molecular complexity index is 682. The van der Waals surface area contributed by atoms with Gasteiger partial charge in [0.05, 0.1) is 19.3 Å². The Morgan fingerprint density at radius 3 is 2.50 bits per heavy atom. The first-order valence-electron chi connectivity index (χ1n) is 9.05. The maximum atomic E-state index is 12.2. The van der Waals surface area contributed by atoms with Crippen LogP contribution in [0.1, 0.15) is 17.2 Å². The summed E-state index contributed by atoms with van der Waals surface area (Å²) in [5, 5.41) is 3.01. The average Bonchev–Trinajstić information content (AvgIpc) is 2.69. The summed E-state index contributed by atoms with van der Waals surface area (Å²) in [4.78, 5) is 14.6. The summed E-state index contributed by atoms with van der Waals surface area (Å²) in [7, 11) is 0. The number of carbonyl (C=O) groups excluding carboxylic acids is 1. The normalized spacial score (nSPS) is 16.0. The molecule has 1 amide bonds. The number of rotatable bonds is 7. The standard InChI is InChI=1S/C21H26N2O3/c1-17-7-9-19(10-8-17)26-16-21(24)22-15-20(18-5-3-2-4-6-18)23-11-13-25-14-12-23/h2-10,20H,11-16H2,1H3,(H,22,24). The molecule has 138 valence electrons. The van der Waals surface area contributed by atoms with Crippen LogP contribution in [0.2, 0.25) is 0 Å². The first-order chi connectivity index (χ1) is 12.7. The SMILES string of the molecule is Cc1ccc(OCC(=O)NCC(c2ccccc2)N2CCOCC2)cc1. The minimum Gasteiger partial charge on any atom is -0.484 e. The number of benzene rings is 2. The van der Waals surface area contributed by atoms with Crippen molar-refractivity contribution < 1.29 is 14.3 Å². The molecule has 1 atom stereocenters. The topological polar surface area (TPSA) is 50.8 Å². The predicted octanol–water partition coefficient (Wildman–Crippen LogP) is 2.56. The van der Waals surface area contributed by atoms with Crippen molar-refractivity contribution in [2.24, 2.45) is 0 Å². The number of morpholine rings is 1. The lowest BCUT2D eigenvalue weighted by atomic mass is 10.0. The number of hydrogen-bond donors (Lipinski definition) is 1. The van der Waals surface area contributed by atoms with Gasteiger partial charge in [0.1, 0.15) is 5.75 Å². The molecule has 3 rings (SSSR count). The van der Waals surface area contributed by atoms with Crippen molar-refractivity contribution in [2.45, 2.75) is 13.0 Å². The van der Waals surface area contributed by atoms with Gasteiger partial charge in [-0.1, -0.05) is 48.0 Å². The number of nitrogens with one attached hydrogen (secondary N) is 1. The zero-order valence-electron chi connectivity index (χ0n) is 15.2. The van der Waals surface area contributed by atoms with Gasteiger partial charge in [0.2, 0.25) is 0 Å². The van der Waals surface area contributed by atoms with Gasteiger partial charge in [0.25, 0.3) is 5.91 Å². The third kappa shape index (κ3) is 5.31. The molecule has 0 spiro atoms. The largest absolute Gasteiger partial charge is 0.484 e. The molecule has 0 aliphatic carbocycles. The molecule has 0 bridgehead atoms. The molecule has 0 aromatic heterocycles. The van der Waals surface area contributed by atoms with Gasteiger partial charge in [-0.25, -0.2) is 0 Å². The van der Waals surface area contributed by atoms with Gasteiger partial charge >= 0.3 is 0 Å². The molecule has 0 radical (unpaired) electrons. The molecule has 1 aliphatic rings. The van der Waals surface area contributed by atoms with Crippen molar-refractivity contribution in [1.82, 2.24) is 10.2 Å². The lowest BCUT2D eigenvalue weighted by Crippen LogP contribution is -2.44. The highest BCUT2D eigenvalue weighted by Gasteiger charge is 2.23. The summed E-state index contributed by atoms with van der Waals surface area (Å²) in [6, 6.07) is 18.1. The molecule has 2 aromatic rings. The molecule has 1 saturated heterocycles. The van der Waals surface area contributed by atoms with Crippen LogP contribution in [-0.2, 0) is 9.53 Å². The van der Waals surface area contributed by atoms with Crippen molar-refractivity contribution >= 4 is 5.91 Å². The van der Waals surface area contributed by atoms with Crippen LogP contribution in [0.25, 0.3) is 0 Å². The van der Waals surface area contributed by atoms with E-state index in [0.717, 1.165) is 31.9 Å². The Morgan fingerprint density at radius 1 is 1.12 bits per heavy atom. The van der Waals surface area contributed by atoms with E-state index < -0.39 is 0 Å². The first-order valence-corrected chi connectivity index (χ1v) is 9.05. The molecule has 5 nitrogen and oxygen atoms in total.